The molecule has 0 heterocycles. The van der Waals surface area contributed by atoms with Crippen molar-refractivity contribution < 1.29 is 14.3 Å². The molecule has 0 spiro atoms. The topological polar surface area (TPSA) is 43.4 Å². The van der Waals surface area contributed by atoms with Crippen molar-refractivity contribution >= 4 is 17.3 Å². The van der Waals surface area contributed by atoms with E-state index >= 15 is 0 Å². The summed E-state index contributed by atoms with van der Waals surface area (Å²) in [6.07, 6.45) is 1.68. The Morgan fingerprint density at radius 1 is 1.24 bits per heavy atom. The lowest BCUT2D eigenvalue weighted by molar-refractivity contribution is -0.151. The van der Waals surface area contributed by atoms with Crippen LogP contribution in [-0.4, -0.2) is 18.4 Å². The summed E-state index contributed by atoms with van der Waals surface area (Å²) in [5.74, 6) is -0.652. The van der Waals surface area contributed by atoms with Gasteiger partial charge in [-0.25, -0.2) is 0 Å². The number of benzene rings is 1. The summed E-state index contributed by atoms with van der Waals surface area (Å²) in [6.45, 7) is 3.43. The Bertz CT molecular complexity index is 487. The van der Waals surface area contributed by atoms with Crippen LogP contribution in [0, 0.1) is 5.41 Å². The summed E-state index contributed by atoms with van der Waals surface area (Å²) >= 11 is 0. The van der Waals surface area contributed by atoms with Crippen LogP contribution in [0.5, 0.6) is 0 Å². The van der Waals surface area contributed by atoms with Crippen molar-refractivity contribution in [3.63, 3.8) is 0 Å². The molecule has 1 unspecified atom stereocenters. The molecule has 0 saturated heterocycles. The first-order chi connectivity index (χ1) is 8.13. The highest BCUT2D eigenvalue weighted by molar-refractivity contribution is 6.24. The maximum Gasteiger partial charge on any atom is 0.328 e. The summed E-state index contributed by atoms with van der Waals surface area (Å²) in [4.78, 5) is 23.5. The Balaban J connectivity index is 2.27. The third-order valence-corrected chi connectivity index (χ3v) is 2.94. The predicted molar refractivity (Wildman–Crippen MR) is 64.2 cm³/mol. The van der Waals surface area contributed by atoms with E-state index in [4.69, 9.17) is 4.74 Å². The largest absolute Gasteiger partial charge is 0.465 e. The Morgan fingerprint density at radius 2 is 1.88 bits per heavy atom. The van der Waals surface area contributed by atoms with Gasteiger partial charge in [0.25, 0.3) is 0 Å². The number of hydrogen-bond donors (Lipinski definition) is 0. The van der Waals surface area contributed by atoms with Crippen molar-refractivity contribution in [1.29, 1.82) is 0 Å². The number of rotatable bonds is 4. The van der Waals surface area contributed by atoms with Gasteiger partial charge in [-0.05, 0) is 31.1 Å². The van der Waals surface area contributed by atoms with Crippen LogP contribution < -0.4 is 0 Å². The molecule has 1 aromatic carbocycles. The standard InChI is InChI=1S/C14H14O3/c1-3-17-13(16)14(10(2)15)9-12(14)11-7-5-4-6-8-11/h4-9H,3H2,1-2H3. The highest BCUT2D eigenvalue weighted by atomic mass is 16.5. The lowest BCUT2D eigenvalue weighted by atomic mass is 9.92. The monoisotopic (exact) mass is 230 g/mol. The van der Waals surface area contributed by atoms with E-state index in [9.17, 15) is 9.59 Å². The van der Waals surface area contributed by atoms with Crippen molar-refractivity contribution in [2.75, 3.05) is 6.61 Å². The molecular formula is C14H14O3. The van der Waals surface area contributed by atoms with E-state index in [2.05, 4.69) is 0 Å². The first-order valence-corrected chi connectivity index (χ1v) is 5.60. The minimum Gasteiger partial charge on any atom is -0.465 e. The smallest absolute Gasteiger partial charge is 0.328 e. The summed E-state index contributed by atoms with van der Waals surface area (Å²) in [6, 6.07) is 9.42. The SMILES string of the molecule is CCOC(=O)C1(C(C)=O)C=C1c1ccccc1. The second-order valence-electron chi connectivity index (χ2n) is 4.01. The molecule has 2 rings (SSSR count). The zero-order chi connectivity index (χ0) is 12.5. The molecule has 0 N–H and O–H groups in total. The molecule has 3 nitrogen and oxygen atoms in total. The molecule has 0 saturated carbocycles. The van der Waals surface area contributed by atoms with Gasteiger partial charge in [0.05, 0.1) is 6.61 Å². The second kappa shape index (κ2) is 4.17. The van der Waals surface area contributed by atoms with Gasteiger partial charge in [0.15, 0.2) is 11.2 Å². The predicted octanol–water partition coefficient (Wildman–Crippen LogP) is 2.22. The average Bonchev–Trinajstić information content (AvgIpc) is 3.07. The third-order valence-electron chi connectivity index (χ3n) is 2.94. The fraction of sp³-hybridized carbons (Fsp3) is 0.286. The Kier molecular flexibility index (Phi) is 2.84. The maximum absolute atomic E-state index is 11.9. The normalized spacial score (nSPS) is 21.6. The molecule has 1 aliphatic rings. The zero-order valence-corrected chi connectivity index (χ0v) is 9.90. The van der Waals surface area contributed by atoms with E-state index in [0.29, 0.717) is 0 Å². The molecule has 3 heteroatoms. The fourth-order valence-corrected chi connectivity index (χ4v) is 1.96. The van der Waals surface area contributed by atoms with Crippen LogP contribution >= 0.6 is 0 Å². The molecule has 1 aliphatic carbocycles. The molecule has 1 aromatic rings. The van der Waals surface area contributed by atoms with Gasteiger partial charge < -0.3 is 4.74 Å². The number of carbonyl (C=O) groups is 2. The maximum atomic E-state index is 11.9. The van der Waals surface area contributed by atoms with E-state index in [1.807, 2.05) is 30.3 Å². The second-order valence-corrected chi connectivity index (χ2v) is 4.01. The van der Waals surface area contributed by atoms with Crippen molar-refractivity contribution in [2.24, 2.45) is 5.41 Å². The van der Waals surface area contributed by atoms with Crippen LogP contribution in [0.1, 0.15) is 19.4 Å². The molecule has 0 amide bonds. The molecule has 0 aliphatic heterocycles. The fourth-order valence-electron chi connectivity index (χ4n) is 1.96. The van der Waals surface area contributed by atoms with Crippen molar-refractivity contribution in [3.8, 4) is 0 Å². The van der Waals surface area contributed by atoms with Crippen LogP contribution in [0.15, 0.2) is 36.4 Å². The highest BCUT2D eigenvalue weighted by Crippen LogP contribution is 2.52. The highest BCUT2D eigenvalue weighted by Gasteiger charge is 2.56. The summed E-state index contributed by atoms with van der Waals surface area (Å²) in [5, 5.41) is 0. The van der Waals surface area contributed by atoms with Crippen molar-refractivity contribution in [2.45, 2.75) is 13.8 Å². The lowest BCUT2D eigenvalue weighted by Gasteiger charge is -2.13. The number of hydrogen-bond acceptors (Lipinski definition) is 3. The molecular weight excluding hydrogens is 216 g/mol. The van der Waals surface area contributed by atoms with Crippen LogP contribution in [-0.2, 0) is 14.3 Å². The molecule has 88 valence electrons. The number of Topliss-reactive ketones (excluding diaryl/α,β-unsaturated/α-hetero) is 1. The van der Waals surface area contributed by atoms with Gasteiger partial charge >= 0.3 is 5.97 Å². The Morgan fingerprint density at radius 3 is 2.41 bits per heavy atom. The number of ether oxygens (including phenoxy) is 1. The van der Waals surface area contributed by atoms with Gasteiger partial charge in [-0.15, -0.1) is 0 Å². The van der Waals surface area contributed by atoms with Gasteiger partial charge in [0.1, 0.15) is 0 Å². The molecule has 0 aromatic heterocycles. The van der Waals surface area contributed by atoms with Gasteiger partial charge in [-0.2, -0.15) is 0 Å². The molecule has 0 radical (unpaired) electrons. The lowest BCUT2D eigenvalue weighted by Crippen LogP contribution is -2.29. The van der Waals surface area contributed by atoms with Gasteiger partial charge in [0.2, 0.25) is 0 Å². The average molecular weight is 230 g/mol. The Labute approximate surface area is 100 Å². The number of esters is 1. The van der Waals surface area contributed by atoms with E-state index in [1.165, 1.54) is 6.92 Å². The van der Waals surface area contributed by atoms with Crippen molar-refractivity contribution in [1.82, 2.24) is 0 Å². The summed E-state index contributed by atoms with van der Waals surface area (Å²) in [7, 11) is 0. The quantitative estimate of drug-likeness (QED) is 0.588. The minimum absolute atomic E-state index is 0.185. The molecule has 0 bridgehead atoms. The van der Waals surface area contributed by atoms with Crippen molar-refractivity contribution in [3.05, 3.63) is 42.0 Å². The third kappa shape index (κ3) is 1.78. The minimum atomic E-state index is -1.13. The number of carbonyl (C=O) groups excluding carboxylic acids is 2. The van der Waals surface area contributed by atoms with Crippen LogP contribution in [0.25, 0.3) is 5.57 Å². The summed E-state index contributed by atoms with van der Waals surface area (Å²) in [5.41, 5.74) is 0.525. The van der Waals surface area contributed by atoms with Crippen LogP contribution in [0.2, 0.25) is 0 Å². The summed E-state index contributed by atoms with van der Waals surface area (Å²) < 4.78 is 4.97. The molecule has 1 atom stereocenters. The van der Waals surface area contributed by atoms with Crippen LogP contribution in [0.3, 0.4) is 0 Å². The van der Waals surface area contributed by atoms with Gasteiger partial charge in [-0.1, -0.05) is 30.3 Å². The first-order valence-electron chi connectivity index (χ1n) is 5.60. The first kappa shape index (κ1) is 11.6. The zero-order valence-electron chi connectivity index (χ0n) is 9.90. The van der Waals surface area contributed by atoms with E-state index in [1.54, 1.807) is 13.0 Å². The number of ketones is 1. The van der Waals surface area contributed by atoms with E-state index in [-0.39, 0.29) is 12.4 Å². The van der Waals surface area contributed by atoms with E-state index < -0.39 is 11.4 Å². The molecule has 17 heavy (non-hydrogen) atoms. The van der Waals surface area contributed by atoms with Gasteiger partial charge in [0, 0.05) is 0 Å². The van der Waals surface area contributed by atoms with Gasteiger partial charge in [-0.3, -0.25) is 9.59 Å². The van der Waals surface area contributed by atoms with E-state index in [0.717, 1.165) is 11.1 Å². The molecule has 0 fully saturated rings. The van der Waals surface area contributed by atoms with Crippen LogP contribution in [0.4, 0.5) is 0 Å². The Hall–Kier alpha value is -1.90.